The number of hydrogen-bond acceptors (Lipinski definition) is 4. The Labute approximate surface area is 74.7 Å². The first-order valence-corrected chi connectivity index (χ1v) is 3.85. The Balaban J connectivity index is 2.76. The van der Waals surface area contributed by atoms with Crippen LogP contribution in [0.25, 0.3) is 0 Å². The first-order chi connectivity index (χ1) is 6.07. The van der Waals surface area contributed by atoms with Crippen LogP contribution in [-0.2, 0) is 9.53 Å². The van der Waals surface area contributed by atoms with E-state index in [1.807, 2.05) is 0 Å². The molecule has 0 spiro atoms. The summed E-state index contributed by atoms with van der Waals surface area (Å²) >= 11 is 0. The molecule has 6 nitrogen and oxygen atoms in total. The maximum atomic E-state index is 11.0. The van der Waals surface area contributed by atoms with Gasteiger partial charge in [-0.25, -0.2) is 9.59 Å². The van der Waals surface area contributed by atoms with Gasteiger partial charge in [-0.1, -0.05) is 0 Å². The van der Waals surface area contributed by atoms with Gasteiger partial charge in [0.1, 0.15) is 12.3 Å². The van der Waals surface area contributed by atoms with Gasteiger partial charge in [-0.15, -0.1) is 0 Å². The number of carboxylic acids is 1. The van der Waals surface area contributed by atoms with E-state index in [1.165, 1.54) is 0 Å². The Morgan fingerprint density at radius 3 is 2.54 bits per heavy atom. The largest absolute Gasteiger partial charge is 0.480 e. The van der Waals surface area contributed by atoms with Crippen molar-refractivity contribution in [2.75, 3.05) is 7.11 Å². The topological polar surface area (TPSA) is 87.1 Å². The van der Waals surface area contributed by atoms with Crippen LogP contribution in [0.4, 0.5) is 4.79 Å². The van der Waals surface area contributed by atoms with Gasteiger partial charge in [-0.05, 0) is 12.8 Å². The second-order valence-electron chi connectivity index (χ2n) is 2.79. The van der Waals surface area contributed by atoms with E-state index in [2.05, 4.69) is 4.74 Å². The molecule has 1 aliphatic rings. The van der Waals surface area contributed by atoms with Gasteiger partial charge in [0.15, 0.2) is 0 Å². The van der Waals surface area contributed by atoms with Crippen molar-refractivity contribution in [3.63, 3.8) is 0 Å². The highest BCUT2D eigenvalue weighted by Crippen LogP contribution is 2.23. The molecule has 74 valence electrons. The Kier molecular flexibility index (Phi) is 2.72. The summed E-state index contributed by atoms with van der Waals surface area (Å²) in [7, 11) is 1.15. The summed E-state index contributed by atoms with van der Waals surface area (Å²) in [5.74, 6) is -1.12. The van der Waals surface area contributed by atoms with Gasteiger partial charge in [0.05, 0.1) is 7.11 Å². The fourth-order valence-corrected chi connectivity index (χ4v) is 1.39. The lowest BCUT2D eigenvalue weighted by molar-refractivity contribution is -0.143. The molecule has 0 radical (unpaired) electrons. The normalized spacial score (nSPS) is 27.4. The Bertz CT molecular complexity index is 229. The van der Waals surface area contributed by atoms with Gasteiger partial charge >= 0.3 is 12.1 Å². The minimum atomic E-state index is -1.12. The highest BCUT2D eigenvalue weighted by molar-refractivity contribution is 5.80. The van der Waals surface area contributed by atoms with E-state index >= 15 is 0 Å². The molecule has 0 aromatic carbocycles. The zero-order chi connectivity index (χ0) is 10.0. The van der Waals surface area contributed by atoms with Gasteiger partial charge in [0.25, 0.3) is 0 Å². The molecule has 1 rings (SSSR count). The molecule has 0 bridgehead atoms. The molecule has 0 aliphatic carbocycles. The molecule has 0 aromatic heterocycles. The van der Waals surface area contributed by atoms with Crippen LogP contribution in [0, 0.1) is 0 Å². The summed E-state index contributed by atoms with van der Waals surface area (Å²) in [4.78, 5) is 22.5. The Morgan fingerprint density at radius 1 is 1.46 bits per heavy atom. The summed E-state index contributed by atoms with van der Waals surface area (Å²) in [6.45, 7) is 0. The SMILES string of the molecule is COC(=O)N1C(O)CCC1C(=O)O. The zero-order valence-corrected chi connectivity index (χ0v) is 7.14. The molecule has 13 heavy (non-hydrogen) atoms. The summed E-state index contributed by atoms with van der Waals surface area (Å²) in [5.41, 5.74) is 0. The van der Waals surface area contributed by atoms with Gasteiger partial charge in [0, 0.05) is 0 Å². The molecule has 1 heterocycles. The number of hydrogen-bond donors (Lipinski definition) is 2. The van der Waals surface area contributed by atoms with Crippen LogP contribution < -0.4 is 0 Å². The number of nitrogens with zero attached hydrogens (tertiary/aromatic N) is 1. The maximum absolute atomic E-state index is 11.0. The van der Waals surface area contributed by atoms with Crippen LogP contribution >= 0.6 is 0 Å². The molecule has 2 unspecified atom stereocenters. The molecule has 1 aliphatic heterocycles. The van der Waals surface area contributed by atoms with Crippen LogP contribution in [-0.4, -0.2) is 46.6 Å². The van der Waals surface area contributed by atoms with E-state index in [0.717, 1.165) is 12.0 Å². The van der Waals surface area contributed by atoms with Crippen LogP contribution in [0.15, 0.2) is 0 Å². The van der Waals surface area contributed by atoms with Gasteiger partial charge < -0.3 is 14.9 Å². The fraction of sp³-hybridized carbons (Fsp3) is 0.714. The molecular formula is C7H11NO5. The van der Waals surface area contributed by atoms with Gasteiger partial charge in [-0.3, -0.25) is 4.90 Å². The smallest absolute Gasteiger partial charge is 0.412 e. The van der Waals surface area contributed by atoms with E-state index in [0.29, 0.717) is 0 Å². The van der Waals surface area contributed by atoms with E-state index in [-0.39, 0.29) is 12.8 Å². The predicted octanol–water partition coefficient (Wildman–Crippen LogP) is -0.380. The molecule has 6 heteroatoms. The molecule has 2 atom stereocenters. The molecule has 2 N–H and O–H groups in total. The first-order valence-electron chi connectivity index (χ1n) is 3.85. The second kappa shape index (κ2) is 3.61. The molecule has 1 fully saturated rings. The summed E-state index contributed by atoms with van der Waals surface area (Å²) in [5, 5.41) is 18.0. The number of aliphatic hydroxyl groups is 1. The van der Waals surface area contributed by atoms with Crippen LogP contribution in [0.1, 0.15) is 12.8 Å². The molecule has 0 saturated carbocycles. The predicted molar refractivity (Wildman–Crippen MR) is 40.9 cm³/mol. The van der Waals surface area contributed by atoms with Crippen LogP contribution in [0.2, 0.25) is 0 Å². The highest BCUT2D eigenvalue weighted by Gasteiger charge is 2.40. The summed E-state index contributed by atoms with van der Waals surface area (Å²) < 4.78 is 4.35. The first kappa shape index (κ1) is 9.79. The highest BCUT2D eigenvalue weighted by atomic mass is 16.5. The van der Waals surface area contributed by atoms with Crippen molar-refractivity contribution < 1.29 is 24.5 Å². The number of carboxylic acid groups (broad SMARTS) is 1. The number of carbonyl (C=O) groups is 2. The summed E-state index contributed by atoms with van der Waals surface area (Å²) in [6.07, 6.45) is -1.33. The Hall–Kier alpha value is -1.30. The monoisotopic (exact) mass is 189 g/mol. The second-order valence-corrected chi connectivity index (χ2v) is 2.79. The van der Waals surface area contributed by atoms with E-state index in [4.69, 9.17) is 5.11 Å². The quantitative estimate of drug-likeness (QED) is 0.587. The van der Waals surface area contributed by atoms with Gasteiger partial charge in [0.2, 0.25) is 0 Å². The third kappa shape index (κ3) is 1.72. The standard InChI is InChI=1S/C7H11NO5/c1-13-7(12)8-4(6(10)11)2-3-5(8)9/h4-5,9H,2-3H2,1H3,(H,10,11). The minimum Gasteiger partial charge on any atom is -0.480 e. The van der Waals surface area contributed by atoms with E-state index in [9.17, 15) is 14.7 Å². The van der Waals surface area contributed by atoms with Crippen molar-refractivity contribution in [2.24, 2.45) is 0 Å². The number of carbonyl (C=O) groups excluding carboxylic acids is 1. The van der Waals surface area contributed by atoms with Crippen LogP contribution in [0.3, 0.4) is 0 Å². The average Bonchev–Trinajstić information content (AvgIpc) is 2.46. The van der Waals surface area contributed by atoms with Crippen molar-refractivity contribution in [3.05, 3.63) is 0 Å². The number of aliphatic hydroxyl groups excluding tert-OH is 1. The van der Waals surface area contributed by atoms with Crippen molar-refractivity contribution in [2.45, 2.75) is 25.1 Å². The molecule has 1 amide bonds. The number of likely N-dealkylation sites (tertiary alicyclic amines) is 1. The molecule has 0 aromatic rings. The third-order valence-corrected chi connectivity index (χ3v) is 2.03. The van der Waals surface area contributed by atoms with Crippen molar-refractivity contribution >= 4 is 12.1 Å². The van der Waals surface area contributed by atoms with Crippen molar-refractivity contribution in [3.8, 4) is 0 Å². The lowest BCUT2D eigenvalue weighted by atomic mass is 10.2. The number of ether oxygens (including phenoxy) is 1. The number of amides is 1. The number of aliphatic carboxylic acids is 1. The minimum absolute atomic E-state index is 0.256. The van der Waals surface area contributed by atoms with Crippen LogP contribution in [0.5, 0.6) is 0 Å². The van der Waals surface area contributed by atoms with E-state index < -0.39 is 24.3 Å². The lowest BCUT2D eigenvalue weighted by Crippen LogP contribution is -2.44. The third-order valence-electron chi connectivity index (χ3n) is 2.03. The summed E-state index contributed by atoms with van der Waals surface area (Å²) in [6, 6.07) is -0.970. The Morgan fingerprint density at radius 2 is 2.08 bits per heavy atom. The van der Waals surface area contributed by atoms with E-state index in [1.54, 1.807) is 0 Å². The number of rotatable bonds is 1. The van der Waals surface area contributed by atoms with Gasteiger partial charge in [-0.2, -0.15) is 0 Å². The maximum Gasteiger partial charge on any atom is 0.412 e. The van der Waals surface area contributed by atoms with Crippen molar-refractivity contribution in [1.82, 2.24) is 4.90 Å². The lowest BCUT2D eigenvalue weighted by Gasteiger charge is -2.22. The zero-order valence-electron chi connectivity index (χ0n) is 7.14. The molecule has 1 saturated heterocycles. The fourth-order valence-electron chi connectivity index (χ4n) is 1.39. The average molecular weight is 189 g/mol. The number of methoxy groups -OCH3 is 1. The van der Waals surface area contributed by atoms with Crippen molar-refractivity contribution in [1.29, 1.82) is 0 Å². The molecular weight excluding hydrogens is 178 g/mol.